The minimum Gasteiger partial charge on any atom is -0.327 e. The molecule has 0 spiro atoms. The van der Waals surface area contributed by atoms with Gasteiger partial charge in [0, 0.05) is 6.04 Å². The lowest BCUT2D eigenvalue weighted by atomic mass is 10.2. The molecule has 0 aliphatic carbocycles. The molecule has 0 radical (unpaired) electrons. The third-order valence-corrected chi connectivity index (χ3v) is 1.02. The van der Waals surface area contributed by atoms with Crippen LogP contribution >= 0.6 is 12.4 Å². The molecule has 5 heteroatoms. The van der Waals surface area contributed by atoms with Gasteiger partial charge in [0.05, 0.1) is 6.42 Å². The first-order valence-corrected chi connectivity index (χ1v) is 2.78. The third-order valence-electron chi connectivity index (χ3n) is 1.02. The Morgan fingerprint density at radius 1 is 1.40 bits per heavy atom. The highest BCUT2D eigenvalue weighted by Crippen LogP contribution is 2.21. The number of rotatable bonds is 2. The fourth-order valence-corrected chi connectivity index (χ4v) is 0.442. The first kappa shape index (κ1) is 12.7. The van der Waals surface area contributed by atoms with Gasteiger partial charge in [-0.3, -0.25) is 0 Å². The number of hydrogen-bond donors (Lipinski definition) is 1. The van der Waals surface area contributed by atoms with E-state index in [-0.39, 0.29) is 12.4 Å². The molecule has 0 amide bonds. The molecule has 2 N–H and O–H groups in total. The molecule has 0 saturated heterocycles. The van der Waals surface area contributed by atoms with E-state index in [4.69, 9.17) is 5.73 Å². The summed E-state index contributed by atoms with van der Waals surface area (Å²) in [7, 11) is 0. The summed E-state index contributed by atoms with van der Waals surface area (Å²) >= 11 is 0. The molecule has 0 heterocycles. The van der Waals surface area contributed by atoms with Crippen LogP contribution < -0.4 is 5.73 Å². The predicted molar refractivity (Wildman–Crippen MR) is 36.2 cm³/mol. The molecule has 10 heavy (non-hydrogen) atoms. The molecule has 0 rings (SSSR count). The van der Waals surface area contributed by atoms with Gasteiger partial charge < -0.3 is 5.73 Å². The van der Waals surface area contributed by atoms with Crippen molar-refractivity contribution in [1.82, 2.24) is 0 Å². The highest BCUT2D eigenvalue weighted by molar-refractivity contribution is 5.85. The molecular weight excluding hydrogens is 167 g/mol. The monoisotopic (exact) mass is 177 g/mol. The Kier molecular flexibility index (Phi) is 6.09. The quantitative estimate of drug-likeness (QED) is 0.687. The van der Waals surface area contributed by atoms with Gasteiger partial charge in [-0.25, -0.2) is 0 Å². The molecule has 0 saturated carbocycles. The van der Waals surface area contributed by atoms with Crippen LogP contribution in [0.3, 0.4) is 0 Å². The lowest BCUT2D eigenvalue weighted by molar-refractivity contribution is -0.138. The van der Waals surface area contributed by atoms with E-state index in [2.05, 4.69) is 0 Å². The van der Waals surface area contributed by atoms with Crippen molar-refractivity contribution < 1.29 is 13.2 Å². The van der Waals surface area contributed by atoms with Crippen LogP contribution in [0, 0.1) is 0 Å². The Bertz CT molecular complexity index is 83.5. The first-order valence-electron chi connectivity index (χ1n) is 2.78. The van der Waals surface area contributed by atoms with Gasteiger partial charge in [0.2, 0.25) is 0 Å². The maximum absolute atomic E-state index is 11.4. The summed E-state index contributed by atoms with van der Waals surface area (Å²) in [5.41, 5.74) is 5.04. The largest absolute Gasteiger partial charge is 0.390 e. The van der Waals surface area contributed by atoms with Gasteiger partial charge in [-0.15, -0.1) is 12.4 Å². The Morgan fingerprint density at radius 2 is 1.80 bits per heavy atom. The molecule has 1 nitrogen and oxygen atoms in total. The zero-order valence-corrected chi connectivity index (χ0v) is 6.43. The van der Waals surface area contributed by atoms with Crippen LogP contribution in [0.2, 0.25) is 0 Å². The van der Waals surface area contributed by atoms with Crippen molar-refractivity contribution in [3.63, 3.8) is 0 Å². The van der Waals surface area contributed by atoms with E-state index in [1.165, 1.54) is 0 Å². The second-order valence-corrected chi connectivity index (χ2v) is 1.99. The third kappa shape index (κ3) is 8.04. The molecule has 0 aromatic rings. The second-order valence-electron chi connectivity index (χ2n) is 1.99. The molecule has 64 valence electrons. The average molecular weight is 178 g/mol. The van der Waals surface area contributed by atoms with Crippen molar-refractivity contribution in [2.24, 2.45) is 5.73 Å². The van der Waals surface area contributed by atoms with Crippen LogP contribution in [0.25, 0.3) is 0 Å². The van der Waals surface area contributed by atoms with Crippen molar-refractivity contribution in [3.8, 4) is 0 Å². The van der Waals surface area contributed by atoms with Gasteiger partial charge in [0.25, 0.3) is 0 Å². The molecule has 0 aromatic heterocycles. The summed E-state index contributed by atoms with van der Waals surface area (Å²) in [6.45, 7) is 1.64. The van der Waals surface area contributed by atoms with E-state index in [9.17, 15) is 13.2 Å². The van der Waals surface area contributed by atoms with Gasteiger partial charge in [-0.1, -0.05) is 6.92 Å². The zero-order valence-electron chi connectivity index (χ0n) is 5.61. The molecule has 0 bridgehead atoms. The van der Waals surface area contributed by atoms with Gasteiger partial charge in [0.15, 0.2) is 0 Å². The highest BCUT2D eigenvalue weighted by atomic mass is 35.5. The Hall–Kier alpha value is 0.0400. The van der Waals surface area contributed by atoms with Crippen LogP contribution in [0.15, 0.2) is 0 Å². The van der Waals surface area contributed by atoms with Gasteiger partial charge >= 0.3 is 6.18 Å². The maximum atomic E-state index is 11.4. The lowest BCUT2D eigenvalue weighted by Gasteiger charge is -2.10. The average Bonchev–Trinajstić information content (AvgIpc) is 1.62. The van der Waals surface area contributed by atoms with Crippen molar-refractivity contribution in [2.45, 2.75) is 32.0 Å². The van der Waals surface area contributed by atoms with Crippen LogP contribution in [-0.2, 0) is 0 Å². The van der Waals surface area contributed by atoms with Crippen molar-refractivity contribution in [1.29, 1.82) is 0 Å². The van der Waals surface area contributed by atoms with E-state index < -0.39 is 18.6 Å². The molecule has 0 aromatic carbocycles. The van der Waals surface area contributed by atoms with E-state index in [1.54, 1.807) is 6.92 Å². The van der Waals surface area contributed by atoms with Gasteiger partial charge in [-0.2, -0.15) is 13.2 Å². The molecule has 1 unspecified atom stereocenters. The molecule has 0 aliphatic rings. The van der Waals surface area contributed by atoms with Gasteiger partial charge in [0.1, 0.15) is 0 Å². The fourth-order valence-electron chi connectivity index (χ4n) is 0.442. The second kappa shape index (κ2) is 4.79. The summed E-state index contributed by atoms with van der Waals surface area (Å²) in [5.74, 6) is 0. The van der Waals surface area contributed by atoms with Crippen LogP contribution in [0.4, 0.5) is 13.2 Å². The van der Waals surface area contributed by atoms with E-state index in [0.29, 0.717) is 6.42 Å². The summed E-state index contributed by atoms with van der Waals surface area (Å²) in [5, 5.41) is 0. The fraction of sp³-hybridized carbons (Fsp3) is 1.00. The molecule has 1 atom stereocenters. The Labute approximate surface area is 64.2 Å². The molecular formula is C5H11ClF3N. The smallest absolute Gasteiger partial charge is 0.327 e. The number of hydrogen-bond acceptors (Lipinski definition) is 1. The van der Waals surface area contributed by atoms with Crippen LogP contribution in [-0.4, -0.2) is 12.2 Å². The van der Waals surface area contributed by atoms with Gasteiger partial charge in [-0.05, 0) is 6.42 Å². The summed E-state index contributed by atoms with van der Waals surface area (Å²) < 4.78 is 34.2. The first-order chi connectivity index (χ1) is 3.95. The summed E-state index contributed by atoms with van der Waals surface area (Å²) in [6.07, 6.45) is -4.60. The van der Waals surface area contributed by atoms with E-state index in [1.807, 2.05) is 0 Å². The normalized spacial score (nSPS) is 14.1. The van der Waals surface area contributed by atoms with Crippen LogP contribution in [0.5, 0.6) is 0 Å². The van der Waals surface area contributed by atoms with Crippen molar-refractivity contribution >= 4 is 12.4 Å². The Morgan fingerprint density at radius 3 is 1.90 bits per heavy atom. The van der Waals surface area contributed by atoms with Crippen molar-refractivity contribution in [3.05, 3.63) is 0 Å². The number of alkyl halides is 3. The lowest BCUT2D eigenvalue weighted by Crippen LogP contribution is -2.26. The number of nitrogens with two attached hydrogens (primary N) is 1. The molecule has 0 fully saturated rings. The standard InChI is InChI=1S/C5H10F3N.ClH/c1-2-4(9)3-5(6,7)8;/h4H,2-3,9H2,1H3;1H. The maximum Gasteiger partial charge on any atom is 0.390 e. The minimum absolute atomic E-state index is 0. The van der Waals surface area contributed by atoms with E-state index >= 15 is 0 Å². The van der Waals surface area contributed by atoms with Crippen LogP contribution in [0.1, 0.15) is 19.8 Å². The summed E-state index contributed by atoms with van der Waals surface area (Å²) in [4.78, 5) is 0. The highest BCUT2D eigenvalue weighted by Gasteiger charge is 2.29. The predicted octanol–water partition coefficient (Wildman–Crippen LogP) is 2.10. The molecule has 0 aliphatic heterocycles. The van der Waals surface area contributed by atoms with E-state index in [0.717, 1.165) is 0 Å². The topological polar surface area (TPSA) is 26.0 Å². The summed E-state index contributed by atoms with van der Waals surface area (Å²) in [6, 6.07) is -0.731. The Balaban J connectivity index is 0. The number of halogens is 4. The SMILES string of the molecule is CCC(N)CC(F)(F)F.Cl. The van der Waals surface area contributed by atoms with Crippen molar-refractivity contribution in [2.75, 3.05) is 0 Å². The minimum atomic E-state index is -4.10. The zero-order chi connectivity index (χ0) is 7.49.